The van der Waals surface area contributed by atoms with Crippen LogP contribution in [0.4, 0.5) is 0 Å². The highest BCUT2D eigenvalue weighted by Gasteiger charge is 2.10. The van der Waals surface area contributed by atoms with Crippen LogP contribution in [0.2, 0.25) is 0 Å². The van der Waals surface area contributed by atoms with E-state index in [9.17, 15) is 4.79 Å². The average Bonchev–Trinajstić information content (AvgIpc) is 2.22. The zero-order chi connectivity index (χ0) is 10.7. The minimum absolute atomic E-state index is 0.378. The van der Waals surface area contributed by atoms with E-state index in [-0.39, 0.29) is 0 Å². The Kier molecular flexibility index (Phi) is 3.00. The Labute approximate surface area is 90.8 Å². The van der Waals surface area contributed by atoms with Crippen molar-refractivity contribution in [3.8, 4) is 0 Å². The first-order valence-electron chi connectivity index (χ1n) is 5.49. The van der Waals surface area contributed by atoms with E-state index in [0.717, 1.165) is 19.3 Å². The monoisotopic (exact) mass is 200 g/mol. The van der Waals surface area contributed by atoms with Crippen molar-refractivity contribution in [3.63, 3.8) is 0 Å². The molecule has 1 heteroatoms. The van der Waals surface area contributed by atoms with Gasteiger partial charge in [-0.1, -0.05) is 41.5 Å². The summed E-state index contributed by atoms with van der Waals surface area (Å²) in [6, 6.07) is 8.59. The van der Waals surface area contributed by atoms with Crippen molar-refractivity contribution >= 4 is 5.78 Å². The van der Waals surface area contributed by atoms with Crippen LogP contribution in [0.1, 0.15) is 30.4 Å². The fraction of sp³-hybridized carbons (Fsp3) is 0.357. The maximum Gasteiger partial charge on any atom is 0.136 e. The third-order valence-corrected chi connectivity index (χ3v) is 2.86. The highest BCUT2D eigenvalue weighted by atomic mass is 16.1. The van der Waals surface area contributed by atoms with E-state index in [0.29, 0.717) is 12.2 Å². The zero-order valence-electron chi connectivity index (χ0n) is 9.12. The summed E-state index contributed by atoms with van der Waals surface area (Å²) in [5.74, 6) is 0.378. The number of allylic oxidation sites excluding steroid dienone is 2. The summed E-state index contributed by atoms with van der Waals surface area (Å²) in [4.78, 5) is 11.1. The predicted octanol–water partition coefficient (Wildman–Crippen LogP) is 3.22. The van der Waals surface area contributed by atoms with Gasteiger partial charge in [0.25, 0.3) is 0 Å². The normalized spacial score (nSPS) is 16.3. The molecule has 1 nitrogen and oxygen atoms in total. The molecule has 1 aliphatic rings. The molecule has 1 aliphatic carbocycles. The summed E-state index contributed by atoms with van der Waals surface area (Å²) in [5, 5.41) is 0. The molecule has 0 amide bonds. The summed E-state index contributed by atoms with van der Waals surface area (Å²) in [6.07, 6.45) is 5.44. The number of rotatable bonds is 2. The van der Waals surface area contributed by atoms with Crippen LogP contribution in [0.5, 0.6) is 0 Å². The van der Waals surface area contributed by atoms with E-state index in [1.165, 1.54) is 16.7 Å². The van der Waals surface area contributed by atoms with E-state index < -0.39 is 0 Å². The largest absolute Gasteiger partial charge is 0.299 e. The number of hydrogen-bond donors (Lipinski definition) is 0. The molecule has 0 aliphatic heterocycles. The first-order valence-corrected chi connectivity index (χ1v) is 5.49. The SMILES string of the molecule is Cc1cccc(CC2=CCC(=O)CC2)c1. The van der Waals surface area contributed by atoms with Gasteiger partial charge in [-0.15, -0.1) is 0 Å². The summed E-state index contributed by atoms with van der Waals surface area (Å²) in [6.45, 7) is 2.11. The predicted molar refractivity (Wildman–Crippen MR) is 61.8 cm³/mol. The van der Waals surface area contributed by atoms with Crippen molar-refractivity contribution in [2.24, 2.45) is 0 Å². The number of Topliss-reactive ketones (excluding diaryl/α,β-unsaturated/α-hetero) is 1. The van der Waals surface area contributed by atoms with Gasteiger partial charge in [0.15, 0.2) is 0 Å². The van der Waals surface area contributed by atoms with E-state index >= 15 is 0 Å². The number of hydrogen-bond acceptors (Lipinski definition) is 1. The van der Waals surface area contributed by atoms with Gasteiger partial charge in [0.05, 0.1) is 0 Å². The van der Waals surface area contributed by atoms with Gasteiger partial charge in [0.1, 0.15) is 5.78 Å². The van der Waals surface area contributed by atoms with Crippen molar-refractivity contribution in [2.45, 2.75) is 32.6 Å². The van der Waals surface area contributed by atoms with Crippen LogP contribution >= 0.6 is 0 Å². The van der Waals surface area contributed by atoms with Gasteiger partial charge in [-0.3, -0.25) is 4.79 Å². The van der Waals surface area contributed by atoms with E-state index in [1.807, 2.05) is 0 Å². The molecule has 0 heterocycles. The fourth-order valence-corrected chi connectivity index (χ4v) is 2.01. The molecule has 0 N–H and O–H groups in total. The lowest BCUT2D eigenvalue weighted by Crippen LogP contribution is -2.05. The van der Waals surface area contributed by atoms with Crippen LogP contribution in [0.3, 0.4) is 0 Å². The number of benzene rings is 1. The maximum absolute atomic E-state index is 11.1. The highest BCUT2D eigenvalue weighted by Crippen LogP contribution is 2.19. The Hall–Kier alpha value is -1.37. The van der Waals surface area contributed by atoms with Crippen LogP contribution in [0.15, 0.2) is 35.9 Å². The standard InChI is InChI=1S/C14H16O/c1-11-3-2-4-13(9-11)10-12-5-7-14(15)8-6-12/h2-5,9H,6-8,10H2,1H3. The van der Waals surface area contributed by atoms with Crippen molar-refractivity contribution < 1.29 is 4.79 Å². The maximum atomic E-state index is 11.1. The Morgan fingerprint density at radius 1 is 1.27 bits per heavy atom. The van der Waals surface area contributed by atoms with E-state index in [4.69, 9.17) is 0 Å². The molecule has 0 fully saturated rings. The van der Waals surface area contributed by atoms with Gasteiger partial charge < -0.3 is 0 Å². The molecule has 0 aromatic heterocycles. The number of aryl methyl sites for hydroxylation is 1. The van der Waals surface area contributed by atoms with Gasteiger partial charge in [0.2, 0.25) is 0 Å². The molecule has 0 saturated heterocycles. The Morgan fingerprint density at radius 3 is 2.80 bits per heavy atom. The third-order valence-electron chi connectivity index (χ3n) is 2.86. The topological polar surface area (TPSA) is 17.1 Å². The van der Waals surface area contributed by atoms with Crippen LogP contribution in [0, 0.1) is 6.92 Å². The van der Waals surface area contributed by atoms with Crippen molar-refractivity contribution in [1.29, 1.82) is 0 Å². The minimum atomic E-state index is 0.378. The summed E-state index contributed by atoms with van der Waals surface area (Å²) in [7, 11) is 0. The quantitative estimate of drug-likeness (QED) is 0.670. The number of carbonyl (C=O) groups excluding carboxylic acids is 1. The lowest BCUT2D eigenvalue weighted by molar-refractivity contribution is -0.118. The molecule has 0 unspecified atom stereocenters. The van der Waals surface area contributed by atoms with E-state index in [1.54, 1.807) is 0 Å². The molecule has 0 saturated carbocycles. The van der Waals surface area contributed by atoms with Crippen molar-refractivity contribution in [3.05, 3.63) is 47.0 Å². The Bertz CT molecular complexity index is 402. The molecule has 78 valence electrons. The molecule has 1 aromatic carbocycles. The average molecular weight is 200 g/mol. The zero-order valence-corrected chi connectivity index (χ0v) is 9.12. The van der Waals surface area contributed by atoms with Gasteiger partial charge in [-0.25, -0.2) is 0 Å². The molecule has 2 rings (SSSR count). The highest BCUT2D eigenvalue weighted by molar-refractivity contribution is 5.81. The van der Waals surface area contributed by atoms with Gasteiger partial charge in [0, 0.05) is 12.8 Å². The van der Waals surface area contributed by atoms with Crippen molar-refractivity contribution in [2.75, 3.05) is 0 Å². The molecular weight excluding hydrogens is 184 g/mol. The minimum Gasteiger partial charge on any atom is -0.299 e. The van der Waals surface area contributed by atoms with Crippen LogP contribution in [0.25, 0.3) is 0 Å². The van der Waals surface area contributed by atoms with Crippen molar-refractivity contribution in [1.82, 2.24) is 0 Å². The van der Waals surface area contributed by atoms with Crippen LogP contribution in [-0.2, 0) is 11.2 Å². The molecule has 0 atom stereocenters. The molecule has 0 spiro atoms. The second-order valence-electron chi connectivity index (χ2n) is 4.27. The molecular formula is C14H16O. The summed E-state index contributed by atoms with van der Waals surface area (Å²) in [5.41, 5.74) is 4.08. The first kappa shape index (κ1) is 10.2. The van der Waals surface area contributed by atoms with E-state index in [2.05, 4.69) is 37.3 Å². The molecule has 15 heavy (non-hydrogen) atoms. The van der Waals surface area contributed by atoms with Gasteiger partial charge in [-0.05, 0) is 25.3 Å². The summed E-state index contributed by atoms with van der Waals surface area (Å²) < 4.78 is 0. The molecule has 1 aromatic rings. The molecule has 0 bridgehead atoms. The second kappa shape index (κ2) is 4.43. The second-order valence-corrected chi connectivity index (χ2v) is 4.27. The fourth-order valence-electron chi connectivity index (χ4n) is 2.01. The van der Waals surface area contributed by atoms with Gasteiger partial charge >= 0.3 is 0 Å². The van der Waals surface area contributed by atoms with Gasteiger partial charge in [-0.2, -0.15) is 0 Å². The lowest BCUT2D eigenvalue weighted by atomic mass is 9.93. The van der Waals surface area contributed by atoms with Crippen LogP contribution < -0.4 is 0 Å². The first-order chi connectivity index (χ1) is 7.24. The summed E-state index contributed by atoms with van der Waals surface area (Å²) >= 11 is 0. The smallest absolute Gasteiger partial charge is 0.136 e. The Morgan fingerprint density at radius 2 is 2.13 bits per heavy atom. The number of carbonyl (C=O) groups is 1. The Balaban J connectivity index is 2.06. The molecule has 0 radical (unpaired) electrons. The van der Waals surface area contributed by atoms with Crippen LogP contribution in [-0.4, -0.2) is 5.78 Å². The third kappa shape index (κ3) is 2.79. The number of ketones is 1. The lowest BCUT2D eigenvalue weighted by Gasteiger charge is -2.12.